The van der Waals surface area contributed by atoms with E-state index < -0.39 is 0 Å². The highest BCUT2D eigenvalue weighted by Gasteiger charge is 2.26. The summed E-state index contributed by atoms with van der Waals surface area (Å²) in [6.45, 7) is 2.42. The Morgan fingerprint density at radius 1 is 1.17 bits per heavy atom. The fourth-order valence-electron chi connectivity index (χ4n) is 2.57. The summed E-state index contributed by atoms with van der Waals surface area (Å²) < 4.78 is 0. The molecule has 0 saturated carbocycles. The molecule has 4 nitrogen and oxygen atoms in total. The molecule has 18 heavy (non-hydrogen) atoms. The number of hydrogen-bond donors (Lipinski definition) is 2. The van der Waals surface area contributed by atoms with E-state index in [9.17, 15) is 4.79 Å². The number of piperidine rings is 1. The van der Waals surface area contributed by atoms with Gasteiger partial charge in [-0.1, -0.05) is 30.7 Å². The lowest BCUT2D eigenvalue weighted by Crippen LogP contribution is -2.40. The number of carbonyl (C=O) groups is 1. The normalized spacial score (nSPS) is 18.5. The largest absolute Gasteiger partial charge is 0.368 e. The van der Waals surface area contributed by atoms with E-state index in [2.05, 4.69) is 4.90 Å². The molecule has 0 aromatic heterocycles. The van der Waals surface area contributed by atoms with E-state index in [-0.39, 0.29) is 11.9 Å². The molecular weight excluding hydrogens is 226 g/mol. The Kier molecular flexibility index (Phi) is 4.33. The zero-order valence-corrected chi connectivity index (χ0v) is 10.6. The van der Waals surface area contributed by atoms with Crippen LogP contribution in [0.4, 0.5) is 0 Å². The number of likely N-dealkylation sites (tertiary alicyclic amines) is 1. The van der Waals surface area contributed by atoms with Gasteiger partial charge in [-0.3, -0.25) is 9.69 Å². The molecule has 4 heteroatoms. The molecular formula is C14H21N3O. The number of benzene rings is 1. The molecule has 1 aromatic carbocycles. The standard InChI is InChI=1S/C14H21N3O/c15-10-11-4-6-12(7-5-11)13(14(16)18)17-8-2-1-3-9-17/h4-7,13H,1-3,8-10,15H2,(H2,16,18). The third-order valence-electron chi connectivity index (χ3n) is 3.56. The SMILES string of the molecule is NCc1ccc(C(C(N)=O)N2CCCCC2)cc1. The average molecular weight is 247 g/mol. The predicted molar refractivity (Wildman–Crippen MR) is 71.7 cm³/mol. The molecule has 0 radical (unpaired) electrons. The topological polar surface area (TPSA) is 72.3 Å². The molecule has 1 aliphatic rings. The molecule has 1 heterocycles. The second kappa shape index (κ2) is 5.98. The first-order valence-electron chi connectivity index (χ1n) is 6.54. The highest BCUT2D eigenvalue weighted by Crippen LogP contribution is 2.24. The molecule has 2 rings (SSSR count). The van der Waals surface area contributed by atoms with Crippen LogP contribution in [0.2, 0.25) is 0 Å². The van der Waals surface area contributed by atoms with E-state index in [4.69, 9.17) is 11.5 Å². The summed E-state index contributed by atoms with van der Waals surface area (Å²) in [4.78, 5) is 13.9. The number of carbonyl (C=O) groups excluding carboxylic acids is 1. The number of amides is 1. The van der Waals surface area contributed by atoms with Gasteiger partial charge in [-0.05, 0) is 37.1 Å². The third kappa shape index (κ3) is 2.89. The van der Waals surface area contributed by atoms with Crippen LogP contribution in [0.25, 0.3) is 0 Å². The highest BCUT2D eigenvalue weighted by molar-refractivity contribution is 5.81. The molecule has 0 spiro atoms. The van der Waals surface area contributed by atoms with Crippen LogP contribution in [0.1, 0.15) is 36.4 Å². The molecule has 1 saturated heterocycles. The molecule has 98 valence electrons. The van der Waals surface area contributed by atoms with Gasteiger partial charge in [0.1, 0.15) is 6.04 Å². The first-order valence-corrected chi connectivity index (χ1v) is 6.54. The fourth-order valence-corrected chi connectivity index (χ4v) is 2.57. The van der Waals surface area contributed by atoms with Crippen molar-refractivity contribution in [2.75, 3.05) is 13.1 Å². The van der Waals surface area contributed by atoms with Gasteiger partial charge < -0.3 is 11.5 Å². The summed E-state index contributed by atoms with van der Waals surface area (Å²) in [5.41, 5.74) is 13.2. The van der Waals surface area contributed by atoms with E-state index in [0.29, 0.717) is 6.54 Å². The Morgan fingerprint density at radius 2 is 1.78 bits per heavy atom. The van der Waals surface area contributed by atoms with Crippen molar-refractivity contribution in [3.63, 3.8) is 0 Å². The summed E-state index contributed by atoms with van der Waals surface area (Å²) in [5, 5.41) is 0. The molecule has 1 aliphatic heterocycles. The minimum atomic E-state index is -0.294. The summed E-state index contributed by atoms with van der Waals surface area (Å²) in [6, 6.07) is 7.57. The van der Waals surface area contributed by atoms with Gasteiger partial charge in [0.25, 0.3) is 0 Å². The van der Waals surface area contributed by atoms with Gasteiger partial charge in [0.15, 0.2) is 0 Å². The first kappa shape index (κ1) is 13.1. The Labute approximate surface area is 108 Å². The van der Waals surface area contributed by atoms with Crippen LogP contribution in [-0.4, -0.2) is 23.9 Å². The Bertz CT molecular complexity index is 396. The lowest BCUT2D eigenvalue weighted by molar-refractivity contribution is -0.123. The molecule has 1 unspecified atom stereocenters. The zero-order chi connectivity index (χ0) is 13.0. The number of nitrogens with zero attached hydrogens (tertiary/aromatic N) is 1. The fraction of sp³-hybridized carbons (Fsp3) is 0.500. The van der Waals surface area contributed by atoms with Crippen molar-refractivity contribution < 1.29 is 4.79 Å². The summed E-state index contributed by atoms with van der Waals surface area (Å²) in [7, 11) is 0. The summed E-state index contributed by atoms with van der Waals surface area (Å²) >= 11 is 0. The maximum Gasteiger partial charge on any atom is 0.239 e. The van der Waals surface area contributed by atoms with E-state index >= 15 is 0 Å². The lowest BCUT2D eigenvalue weighted by Gasteiger charge is -2.32. The molecule has 0 bridgehead atoms. The number of rotatable bonds is 4. The van der Waals surface area contributed by atoms with Crippen molar-refractivity contribution in [3.8, 4) is 0 Å². The molecule has 1 atom stereocenters. The van der Waals surface area contributed by atoms with E-state index in [0.717, 1.165) is 37.1 Å². The highest BCUT2D eigenvalue weighted by atomic mass is 16.1. The first-order chi connectivity index (χ1) is 8.72. The van der Waals surface area contributed by atoms with Crippen LogP contribution in [0.15, 0.2) is 24.3 Å². The van der Waals surface area contributed by atoms with Crippen molar-refractivity contribution in [2.45, 2.75) is 31.8 Å². The van der Waals surface area contributed by atoms with Crippen LogP contribution >= 0.6 is 0 Å². The molecule has 1 aromatic rings. The lowest BCUT2D eigenvalue weighted by atomic mass is 10.00. The monoisotopic (exact) mass is 247 g/mol. The third-order valence-corrected chi connectivity index (χ3v) is 3.56. The summed E-state index contributed by atoms with van der Waals surface area (Å²) in [5.74, 6) is -0.266. The minimum Gasteiger partial charge on any atom is -0.368 e. The predicted octanol–water partition coefficient (Wildman–Crippen LogP) is 1.16. The van der Waals surface area contributed by atoms with Crippen LogP contribution in [0.5, 0.6) is 0 Å². The van der Waals surface area contributed by atoms with E-state index in [1.165, 1.54) is 6.42 Å². The second-order valence-electron chi connectivity index (χ2n) is 4.85. The van der Waals surface area contributed by atoms with Gasteiger partial charge in [0.2, 0.25) is 5.91 Å². The maximum absolute atomic E-state index is 11.7. The van der Waals surface area contributed by atoms with Crippen molar-refractivity contribution >= 4 is 5.91 Å². The van der Waals surface area contributed by atoms with Crippen molar-refractivity contribution in [1.29, 1.82) is 0 Å². The number of primary amides is 1. The quantitative estimate of drug-likeness (QED) is 0.838. The molecule has 0 aliphatic carbocycles. The van der Waals surface area contributed by atoms with Gasteiger partial charge >= 0.3 is 0 Å². The Balaban J connectivity index is 2.20. The van der Waals surface area contributed by atoms with Crippen LogP contribution < -0.4 is 11.5 Å². The van der Waals surface area contributed by atoms with Crippen LogP contribution in [-0.2, 0) is 11.3 Å². The van der Waals surface area contributed by atoms with Crippen LogP contribution in [0, 0.1) is 0 Å². The smallest absolute Gasteiger partial charge is 0.239 e. The Morgan fingerprint density at radius 3 is 2.28 bits per heavy atom. The second-order valence-corrected chi connectivity index (χ2v) is 4.85. The van der Waals surface area contributed by atoms with Crippen molar-refractivity contribution in [2.24, 2.45) is 11.5 Å². The van der Waals surface area contributed by atoms with E-state index in [1.54, 1.807) is 0 Å². The van der Waals surface area contributed by atoms with Gasteiger partial charge in [-0.2, -0.15) is 0 Å². The number of hydrogen-bond acceptors (Lipinski definition) is 3. The van der Waals surface area contributed by atoms with Gasteiger partial charge in [0.05, 0.1) is 0 Å². The molecule has 1 fully saturated rings. The summed E-state index contributed by atoms with van der Waals surface area (Å²) in [6.07, 6.45) is 3.53. The maximum atomic E-state index is 11.7. The van der Waals surface area contributed by atoms with Gasteiger partial charge in [-0.25, -0.2) is 0 Å². The van der Waals surface area contributed by atoms with Gasteiger partial charge in [0, 0.05) is 6.54 Å². The minimum absolute atomic E-state index is 0.266. The zero-order valence-electron chi connectivity index (χ0n) is 10.6. The molecule has 1 amide bonds. The van der Waals surface area contributed by atoms with Crippen molar-refractivity contribution in [1.82, 2.24) is 4.90 Å². The average Bonchev–Trinajstić information content (AvgIpc) is 2.40. The number of nitrogens with two attached hydrogens (primary N) is 2. The van der Waals surface area contributed by atoms with Crippen molar-refractivity contribution in [3.05, 3.63) is 35.4 Å². The van der Waals surface area contributed by atoms with Gasteiger partial charge in [-0.15, -0.1) is 0 Å². The van der Waals surface area contributed by atoms with E-state index in [1.807, 2.05) is 24.3 Å². The Hall–Kier alpha value is -1.39. The molecule has 4 N–H and O–H groups in total. The van der Waals surface area contributed by atoms with Crippen LogP contribution in [0.3, 0.4) is 0 Å².